The van der Waals surface area contributed by atoms with Crippen molar-refractivity contribution in [1.82, 2.24) is 0 Å². The Morgan fingerprint density at radius 1 is 1.47 bits per heavy atom. The summed E-state index contributed by atoms with van der Waals surface area (Å²) in [6.07, 6.45) is 0.582. The van der Waals surface area contributed by atoms with E-state index in [1.54, 1.807) is 13.2 Å². The molecule has 0 saturated heterocycles. The third-order valence-corrected chi connectivity index (χ3v) is 3.73. The Morgan fingerprint density at radius 2 is 2.11 bits per heavy atom. The van der Waals surface area contributed by atoms with Crippen LogP contribution >= 0.6 is 15.9 Å². The lowest BCUT2D eigenvalue weighted by molar-refractivity contribution is -0.137. The molecule has 6 heteroatoms. The number of ether oxygens (including phenoxy) is 2. The maximum atomic E-state index is 10.8. The normalized spacial score (nSPS) is 12.1. The summed E-state index contributed by atoms with van der Waals surface area (Å²) in [7, 11) is 3.08. The first kappa shape index (κ1) is 15.8. The molecule has 0 aliphatic heterocycles. The minimum absolute atomic E-state index is 0.130. The fourth-order valence-electron chi connectivity index (χ4n) is 2.00. The van der Waals surface area contributed by atoms with Crippen LogP contribution in [0.5, 0.6) is 11.5 Å². The largest absolute Gasteiger partial charge is 0.493 e. The lowest BCUT2D eigenvalue weighted by Gasteiger charge is -2.20. The molecule has 1 rings (SSSR count). The van der Waals surface area contributed by atoms with E-state index in [-0.39, 0.29) is 6.42 Å². The zero-order valence-electron chi connectivity index (χ0n) is 11.2. The summed E-state index contributed by atoms with van der Waals surface area (Å²) >= 11 is 3.47. The van der Waals surface area contributed by atoms with Crippen molar-refractivity contribution < 1.29 is 19.4 Å². The summed E-state index contributed by atoms with van der Waals surface area (Å²) < 4.78 is 11.3. The first-order valence-electron chi connectivity index (χ1n) is 5.86. The summed E-state index contributed by atoms with van der Waals surface area (Å²) in [5.41, 5.74) is 7.65. The van der Waals surface area contributed by atoms with E-state index < -0.39 is 12.0 Å². The second kappa shape index (κ2) is 6.77. The van der Waals surface area contributed by atoms with Gasteiger partial charge in [-0.3, -0.25) is 4.79 Å². The van der Waals surface area contributed by atoms with Crippen LogP contribution in [-0.4, -0.2) is 25.3 Å². The number of carboxylic acid groups (broad SMARTS) is 1. The SMILES string of the molecule is CCc1c(C(N)CC(=O)O)cc(OC)c(OC)c1Br. The molecule has 0 radical (unpaired) electrons. The van der Waals surface area contributed by atoms with Gasteiger partial charge < -0.3 is 20.3 Å². The molecule has 0 bridgehead atoms. The van der Waals surface area contributed by atoms with E-state index in [0.717, 1.165) is 15.6 Å². The lowest BCUT2D eigenvalue weighted by Crippen LogP contribution is -2.17. The third kappa shape index (κ3) is 3.39. The van der Waals surface area contributed by atoms with Crippen LogP contribution in [0.4, 0.5) is 0 Å². The Kier molecular flexibility index (Phi) is 5.62. The van der Waals surface area contributed by atoms with E-state index >= 15 is 0 Å². The molecule has 0 spiro atoms. The smallest absolute Gasteiger partial charge is 0.305 e. The van der Waals surface area contributed by atoms with Crippen molar-refractivity contribution >= 4 is 21.9 Å². The fourth-order valence-corrected chi connectivity index (χ4v) is 2.86. The van der Waals surface area contributed by atoms with E-state index in [9.17, 15) is 4.79 Å². The average Bonchev–Trinajstić information content (AvgIpc) is 2.36. The van der Waals surface area contributed by atoms with Gasteiger partial charge in [0, 0.05) is 6.04 Å². The van der Waals surface area contributed by atoms with Gasteiger partial charge in [0.1, 0.15) is 0 Å². The van der Waals surface area contributed by atoms with Crippen molar-refractivity contribution in [3.05, 3.63) is 21.7 Å². The molecule has 3 N–H and O–H groups in total. The Bertz CT molecular complexity index is 476. The highest BCUT2D eigenvalue weighted by atomic mass is 79.9. The van der Waals surface area contributed by atoms with Crippen LogP contribution in [0.15, 0.2) is 10.5 Å². The molecule has 1 aromatic rings. The number of methoxy groups -OCH3 is 2. The molecule has 1 atom stereocenters. The van der Waals surface area contributed by atoms with Gasteiger partial charge >= 0.3 is 5.97 Å². The number of hydrogen-bond donors (Lipinski definition) is 2. The molecule has 106 valence electrons. The fraction of sp³-hybridized carbons (Fsp3) is 0.462. The van der Waals surface area contributed by atoms with Crippen LogP contribution in [0.3, 0.4) is 0 Å². The van der Waals surface area contributed by atoms with Gasteiger partial charge in [0.2, 0.25) is 0 Å². The quantitative estimate of drug-likeness (QED) is 0.836. The molecule has 0 aliphatic rings. The van der Waals surface area contributed by atoms with E-state index in [1.165, 1.54) is 7.11 Å². The Balaban J connectivity index is 3.38. The molecular formula is C13H18BrNO4. The zero-order valence-corrected chi connectivity index (χ0v) is 12.8. The predicted molar refractivity (Wildman–Crippen MR) is 75.8 cm³/mol. The molecule has 0 aromatic heterocycles. The van der Waals surface area contributed by atoms with Crippen LogP contribution in [-0.2, 0) is 11.2 Å². The standard InChI is InChI=1S/C13H18BrNO4/c1-4-7-8(9(15)6-11(16)17)5-10(18-2)13(19-3)12(7)14/h5,9H,4,6,15H2,1-3H3,(H,16,17). The van der Waals surface area contributed by atoms with Crippen molar-refractivity contribution in [2.75, 3.05) is 14.2 Å². The van der Waals surface area contributed by atoms with E-state index in [1.807, 2.05) is 6.92 Å². The summed E-state index contributed by atoms with van der Waals surface area (Å²) in [6, 6.07) is 1.17. The van der Waals surface area contributed by atoms with Gasteiger partial charge in [-0.1, -0.05) is 6.92 Å². The first-order chi connectivity index (χ1) is 8.96. The first-order valence-corrected chi connectivity index (χ1v) is 6.66. The molecule has 0 saturated carbocycles. The van der Waals surface area contributed by atoms with Crippen LogP contribution in [0.2, 0.25) is 0 Å². The Hall–Kier alpha value is -1.27. The van der Waals surface area contributed by atoms with Gasteiger partial charge in [-0.25, -0.2) is 0 Å². The molecule has 0 aliphatic carbocycles. The van der Waals surface area contributed by atoms with E-state index in [2.05, 4.69) is 15.9 Å². The van der Waals surface area contributed by atoms with Crippen molar-refractivity contribution in [3.63, 3.8) is 0 Å². The summed E-state index contributed by atoms with van der Waals surface area (Å²) in [6.45, 7) is 1.98. The van der Waals surface area contributed by atoms with Gasteiger partial charge in [0.15, 0.2) is 11.5 Å². The second-order valence-corrected chi connectivity index (χ2v) is 4.84. The van der Waals surface area contributed by atoms with Crippen molar-refractivity contribution in [2.24, 2.45) is 5.73 Å². The molecule has 19 heavy (non-hydrogen) atoms. The molecular weight excluding hydrogens is 314 g/mol. The summed E-state index contributed by atoms with van der Waals surface area (Å²) in [5, 5.41) is 8.86. The van der Waals surface area contributed by atoms with Gasteiger partial charge in [-0.05, 0) is 39.5 Å². The maximum Gasteiger partial charge on any atom is 0.305 e. The third-order valence-electron chi connectivity index (χ3n) is 2.89. The highest BCUT2D eigenvalue weighted by Gasteiger charge is 2.21. The topological polar surface area (TPSA) is 81.8 Å². The van der Waals surface area contributed by atoms with Crippen LogP contribution in [0.25, 0.3) is 0 Å². The lowest BCUT2D eigenvalue weighted by atomic mass is 9.96. The number of nitrogens with two attached hydrogens (primary N) is 1. The number of aliphatic carboxylic acids is 1. The molecule has 1 aromatic carbocycles. The zero-order chi connectivity index (χ0) is 14.6. The van der Waals surface area contributed by atoms with Crippen molar-refractivity contribution in [2.45, 2.75) is 25.8 Å². The van der Waals surface area contributed by atoms with Crippen LogP contribution in [0, 0.1) is 0 Å². The molecule has 0 heterocycles. The van der Waals surface area contributed by atoms with Crippen molar-refractivity contribution in [3.8, 4) is 11.5 Å². The Labute approximate surface area is 120 Å². The van der Waals surface area contributed by atoms with Gasteiger partial charge in [-0.2, -0.15) is 0 Å². The van der Waals surface area contributed by atoms with Crippen LogP contribution < -0.4 is 15.2 Å². The average molecular weight is 332 g/mol. The maximum absolute atomic E-state index is 10.8. The minimum Gasteiger partial charge on any atom is -0.493 e. The van der Waals surface area contributed by atoms with Gasteiger partial charge in [0.25, 0.3) is 0 Å². The monoisotopic (exact) mass is 331 g/mol. The highest BCUT2D eigenvalue weighted by Crippen LogP contribution is 2.41. The number of halogens is 1. The predicted octanol–water partition coefficient (Wildman–Crippen LogP) is 2.50. The number of rotatable bonds is 6. The molecule has 0 amide bonds. The Morgan fingerprint density at radius 3 is 2.53 bits per heavy atom. The number of benzene rings is 1. The summed E-state index contributed by atoms with van der Waals surface area (Å²) in [5.74, 6) is 0.188. The minimum atomic E-state index is -0.930. The number of carboxylic acids is 1. The van der Waals surface area contributed by atoms with Crippen molar-refractivity contribution in [1.29, 1.82) is 0 Å². The highest BCUT2D eigenvalue weighted by molar-refractivity contribution is 9.10. The van der Waals surface area contributed by atoms with E-state index in [4.69, 9.17) is 20.3 Å². The molecule has 0 fully saturated rings. The van der Waals surface area contributed by atoms with Gasteiger partial charge in [0.05, 0.1) is 25.1 Å². The number of hydrogen-bond acceptors (Lipinski definition) is 4. The molecule has 1 unspecified atom stereocenters. The van der Waals surface area contributed by atoms with Gasteiger partial charge in [-0.15, -0.1) is 0 Å². The second-order valence-electron chi connectivity index (χ2n) is 4.05. The van der Waals surface area contributed by atoms with E-state index in [0.29, 0.717) is 17.9 Å². The summed E-state index contributed by atoms with van der Waals surface area (Å²) in [4.78, 5) is 10.8. The molecule has 5 nitrogen and oxygen atoms in total. The number of carbonyl (C=O) groups is 1. The van der Waals surface area contributed by atoms with Crippen LogP contribution in [0.1, 0.15) is 30.5 Å².